The topological polar surface area (TPSA) is 43.4 Å². The minimum atomic E-state index is -0.609. The standard InChI is InChI=1S/C10H9ClO3/c1-7(12)14-10(13)6-8-4-2-3-5-9(8)11/h2-5H,6H2,1H3. The minimum absolute atomic E-state index is 0.0131. The second-order valence-electron chi connectivity index (χ2n) is 2.73. The average Bonchev–Trinajstić information content (AvgIpc) is 2.07. The van der Waals surface area contributed by atoms with Gasteiger partial charge in [-0.3, -0.25) is 9.59 Å². The van der Waals surface area contributed by atoms with Gasteiger partial charge in [-0.05, 0) is 11.6 Å². The summed E-state index contributed by atoms with van der Waals surface area (Å²) in [7, 11) is 0. The lowest BCUT2D eigenvalue weighted by Crippen LogP contribution is -2.11. The van der Waals surface area contributed by atoms with E-state index in [1.54, 1.807) is 24.3 Å². The Morgan fingerprint density at radius 1 is 1.36 bits per heavy atom. The first-order valence-corrected chi connectivity index (χ1v) is 4.42. The molecule has 14 heavy (non-hydrogen) atoms. The fraction of sp³-hybridized carbons (Fsp3) is 0.200. The van der Waals surface area contributed by atoms with E-state index in [1.165, 1.54) is 6.92 Å². The van der Waals surface area contributed by atoms with Crippen molar-refractivity contribution in [3.63, 3.8) is 0 Å². The lowest BCUT2D eigenvalue weighted by atomic mass is 10.1. The van der Waals surface area contributed by atoms with Gasteiger partial charge >= 0.3 is 11.9 Å². The molecule has 4 heteroatoms. The Hall–Kier alpha value is -1.35. The van der Waals surface area contributed by atoms with Gasteiger partial charge in [-0.15, -0.1) is 0 Å². The van der Waals surface area contributed by atoms with E-state index in [1.807, 2.05) is 0 Å². The van der Waals surface area contributed by atoms with E-state index in [-0.39, 0.29) is 6.42 Å². The van der Waals surface area contributed by atoms with E-state index >= 15 is 0 Å². The first-order valence-electron chi connectivity index (χ1n) is 4.04. The molecule has 0 aliphatic carbocycles. The van der Waals surface area contributed by atoms with Crippen LogP contribution in [0.3, 0.4) is 0 Å². The highest BCUT2D eigenvalue weighted by Crippen LogP contribution is 2.15. The second-order valence-corrected chi connectivity index (χ2v) is 3.14. The fourth-order valence-corrected chi connectivity index (χ4v) is 1.20. The third-order valence-corrected chi connectivity index (χ3v) is 1.92. The second kappa shape index (κ2) is 4.77. The zero-order valence-electron chi connectivity index (χ0n) is 7.62. The molecular weight excluding hydrogens is 204 g/mol. The SMILES string of the molecule is CC(=O)OC(=O)Cc1ccccc1Cl. The number of carbonyl (C=O) groups excluding carboxylic acids is 2. The molecule has 0 aliphatic heterocycles. The van der Waals surface area contributed by atoms with Gasteiger partial charge < -0.3 is 4.74 Å². The molecule has 0 aromatic heterocycles. The van der Waals surface area contributed by atoms with Gasteiger partial charge in [-0.2, -0.15) is 0 Å². The van der Waals surface area contributed by atoms with Crippen LogP contribution >= 0.6 is 11.6 Å². The molecular formula is C10H9ClO3. The third kappa shape index (κ3) is 3.18. The maximum Gasteiger partial charge on any atom is 0.317 e. The molecule has 0 fully saturated rings. The molecule has 74 valence electrons. The lowest BCUT2D eigenvalue weighted by molar-refractivity contribution is -0.157. The van der Waals surface area contributed by atoms with Crippen LogP contribution in [0.2, 0.25) is 5.02 Å². The number of hydrogen-bond acceptors (Lipinski definition) is 3. The molecule has 0 amide bonds. The maximum atomic E-state index is 11.1. The Bertz CT molecular complexity index is 360. The van der Waals surface area contributed by atoms with Gasteiger partial charge in [0.25, 0.3) is 0 Å². The predicted octanol–water partition coefficient (Wildman–Crippen LogP) is 1.97. The summed E-state index contributed by atoms with van der Waals surface area (Å²) < 4.78 is 4.37. The number of halogens is 1. The van der Waals surface area contributed by atoms with Crippen LogP contribution in [0.1, 0.15) is 12.5 Å². The quantitative estimate of drug-likeness (QED) is 0.556. The highest BCUT2D eigenvalue weighted by Gasteiger charge is 2.09. The summed E-state index contributed by atoms with van der Waals surface area (Å²) in [4.78, 5) is 21.5. The van der Waals surface area contributed by atoms with Gasteiger partial charge in [0.1, 0.15) is 0 Å². The summed E-state index contributed by atoms with van der Waals surface area (Å²) in [6.07, 6.45) is 0.0131. The first-order chi connectivity index (χ1) is 6.59. The molecule has 1 aromatic rings. The summed E-state index contributed by atoms with van der Waals surface area (Å²) in [5.41, 5.74) is 0.653. The Kier molecular flexibility index (Phi) is 3.65. The van der Waals surface area contributed by atoms with Crippen molar-refractivity contribution in [1.29, 1.82) is 0 Å². The van der Waals surface area contributed by atoms with Crippen molar-refractivity contribution in [2.45, 2.75) is 13.3 Å². The molecule has 0 radical (unpaired) electrons. The van der Waals surface area contributed by atoms with Gasteiger partial charge in [0.05, 0.1) is 6.42 Å². The average molecular weight is 213 g/mol. The van der Waals surface area contributed by atoms with Gasteiger partial charge in [0.2, 0.25) is 0 Å². The monoisotopic (exact) mass is 212 g/mol. The van der Waals surface area contributed by atoms with E-state index in [2.05, 4.69) is 4.74 Å². The van der Waals surface area contributed by atoms with Crippen LogP contribution in [-0.2, 0) is 20.7 Å². The summed E-state index contributed by atoms with van der Waals surface area (Å²) >= 11 is 5.81. The van der Waals surface area contributed by atoms with Crippen LogP contribution in [0.4, 0.5) is 0 Å². The van der Waals surface area contributed by atoms with E-state index in [9.17, 15) is 9.59 Å². The molecule has 0 saturated carbocycles. The number of esters is 2. The van der Waals surface area contributed by atoms with Crippen LogP contribution in [0.5, 0.6) is 0 Å². The van der Waals surface area contributed by atoms with Crippen molar-refractivity contribution in [3.05, 3.63) is 34.9 Å². The first kappa shape index (κ1) is 10.7. The molecule has 0 atom stereocenters. The van der Waals surface area contributed by atoms with Gasteiger partial charge in [0, 0.05) is 11.9 Å². The van der Waals surface area contributed by atoms with Crippen molar-refractivity contribution in [2.24, 2.45) is 0 Å². The normalized spacial score (nSPS) is 9.57. The number of rotatable bonds is 2. The van der Waals surface area contributed by atoms with Gasteiger partial charge in [-0.1, -0.05) is 29.8 Å². The lowest BCUT2D eigenvalue weighted by Gasteiger charge is -2.02. The van der Waals surface area contributed by atoms with Crippen molar-refractivity contribution >= 4 is 23.5 Å². The zero-order chi connectivity index (χ0) is 10.6. The summed E-state index contributed by atoms with van der Waals surface area (Å²) in [5, 5.41) is 0.494. The molecule has 0 unspecified atom stereocenters. The smallest absolute Gasteiger partial charge is 0.317 e. The number of benzene rings is 1. The Morgan fingerprint density at radius 2 is 2.00 bits per heavy atom. The number of carbonyl (C=O) groups is 2. The largest absolute Gasteiger partial charge is 0.393 e. The molecule has 0 heterocycles. The van der Waals surface area contributed by atoms with E-state index < -0.39 is 11.9 Å². The van der Waals surface area contributed by atoms with Crippen molar-refractivity contribution in [3.8, 4) is 0 Å². The molecule has 1 rings (SSSR count). The van der Waals surface area contributed by atoms with E-state index in [0.717, 1.165) is 0 Å². The van der Waals surface area contributed by atoms with Crippen molar-refractivity contribution in [1.82, 2.24) is 0 Å². The minimum Gasteiger partial charge on any atom is -0.393 e. The number of ether oxygens (including phenoxy) is 1. The maximum absolute atomic E-state index is 11.1. The fourth-order valence-electron chi connectivity index (χ4n) is 0.994. The van der Waals surface area contributed by atoms with E-state index in [4.69, 9.17) is 11.6 Å². The van der Waals surface area contributed by atoms with Crippen LogP contribution in [0, 0.1) is 0 Å². The van der Waals surface area contributed by atoms with Crippen molar-refractivity contribution < 1.29 is 14.3 Å². The predicted molar refractivity (Wildman–Crippen MR) is 51.9 cm³/mol. The van der Waals surface area contributed by atoms with Gasteiger partial charge in [0.15, 0.2) is 0 Å². The van der Waals surface area contributed by atoms with Crippen LogP contribution in [-0.4, -0.2) is 11.9 Å². The van der Waals surface area contributed by atoms with Crippen LogP contribution < -0.4 is 0 Å². The highest BCUT2D eigenvalue weighted by molar-refractivity contribution is 6.31. The molecule has 0 spiro atoms. The molecule has 0 aliphatic rings. The molecule has 1 aromatic carbocycles. The molecule has 0 saturated heterocycles. The third-order valence-electron chi connectivity index (χ3n) is 1.55. The zero-order valence-corrected chi connectivity index (χ0v) is 8.38. The van der Waals surface area contributed by atoms with Gasteiger partial charge in [-0.25, -0.2) is 0 Å². The number of hydrogen-bond donors (Lipinski definition) is 0. The molecule has 3 nitrogen and oxygen atoms in total. The molecule has 0 bridgehead atoms. The van der Waals surface area contributed by atoms with Crippen LogP contribution in [0.25, 0.3) is 0 Å². The highest BCUT2D eigenvalue weighted by atomic mass is 35.5. The Morgan fingerprint density at radius 3 is 2.57 bits per heavy atom. The molecule has 0 N–H and O–H groups in total. The Balaban J connectivity index is 2.65. The summed E-state index contributed by atoms with van der Waals surface area (Å²) in [5.74, 6) is -1.20. The van der Waals surface area contributed by atoms with Crippen molar-refractivity contribution in [2.75, 3.05) is 0 Å². The van der Waals surface area contributed by atoms with E-state index in [0.29, 0.717) is 10.6 Å². The summed E-state index contributed by atoms with van der Waals surface area (Å²) in [6.45, 7) is 1.19. The summed E-state index contributed by atoms with van der Waals surface area (Å²) in [6, 6.07) is 6.92. The Labute approximate surface area is 86.6 Å². The van der Waals surface area contributed by atoms with Crippen LogP contribution in [0.15, 0.2) is 24.3 Å².